The first kappa shape index (κ1) is 9.98. The Morgan fingerprint density at radius 1 is 1.38 bits per heavy atom. The highest BCUT2D eigenvalue weighted by molar-refractivity contribution is 5.94. The lowest BCUT2D eigenvalue weighted by Gasteiger charge is -2.26. The van der Waals surface area contributed by atoms with Gasteiger partial charge in [0, 0.05) is 26.2 Å². The van der Waals surface area contributed by atoms with Crippen LogP contribution in [-0.2, 0) is 14.3 Å². The van der Waals surface area contributed by atoms with Crippen molar-refractivity contribution in [2.45, 2.75) is 6.42 Å². The lowest BCUT2D eigenvalue weighted by atomic mass is 10.3. The second-order valence-corrected chi connectivity index (χ2v) is 2.88. The summed E-state index contributed by atoms with van der Waals surface area (Å²) < 4.78 is 4.41. The number of hydrogen-bond acceptors (Lipinski definition) is 4. The van der Waals surface area contributed by atoms with Crippen LogP contribution in [0.4, 0.5) is 0 Å². The van der Waals surface area contributed by atoms with Gasteiger partial charge in [0.2, 0.25) is 5.91 Å². The van der Waals surface area contributed by atoms with E-state index in [0.717, 1.165) is 13.1 Å². The van der Waals surface area contributed by atoms with Crippen molar-refractivity contribution in [3.8, 4) is 0 Å². The Hall–Kier alpha value is -1.10. The van der Waals surface area contributed by atoms with Crippen molar-refractivity contribution in [3.63, 3.8) is 0 Å². The zero-order chi connectivity index (χ0) is 9.68. The van der Waals surface area contributed by atoms with Crippen molar-refractivity contribution in [1.82, 2.24) is 10.2 Å². The molecule has 5 heteroatoms. The third-order valence-electron chi connectivity index (χ3n) is 1.99. The fourth-order valence-corrected chi connectivity index (χ4v) is 1.22. The van der Waals surface area contributed by atoms with Crippen LogP contribution in [0.3, 0.4) is 0 Å². The maximum atomic E-state index is 11.4. The van der Waals surface area contributed by atoms with E-state index in [-0.39, 0.29) is 12.3 Å². The molecule has 0 aliphatic carbocycles. The number of nitrogens with one attached hydrogen (secondary N) is 1. The number of carbonyl (C=O) groups is 2. The van der Waals surface area contributed by atoms with Crippen LogP contribution < -0.4 is 5.32 Å². The molecule has 1 amide bonds. The van der Waals surface area contributed by atoms with E-state index >= 15 is 0 Å². The van der Waals surface area contributed by atoms with Crippen molar-refractivity contribution >= 4 is 11.9 Å². The Morgan fingerprint density at radius 2 is 2.00 bits per heavy atom. The molecule has 74 valence electrons. The van der Waals surface area contributed by atoms with Gasteiger partial charge in [0.1, 0.15) is 6.42 Å². The molecule has 0 aromatic rings. The number of esters is 1. The van der Waals surface area contributed by atoms with E-state index in [9.17, 15) is 9.59 Å². The van der Waals surface area contributed by atoms with Gasteiger partial charge in [0.15, 0.2) is 0 Å². The summed E-state index contributed by atoms with van der Waals surface area (Å²) in [7, 11) is 1.29. The Bertz CT molecular complexity index is 200. The fraction of sp³-hybridized carbons (Fsp3) is 0.750. The predicted octanol–water partition coefficient (Wildman–Crippen LogP) is -1.02. The van der Waals surface area contributed by atoms with Crippen molar-refractivity contribution in [2.75, 3.05) is 33.3 Å². The first-order valence-electron chi connectivity index (χ1n) is 4.29. The molecule has 1 fully saturated rings. The zero-order valence-corrected chi connectivity index (χ0v) is 7.71. The fourth-order valence-electron chi connectivity index (χ4n) is 1.22. The van der Waals surface area contributed by atoms with E-state index in [4.69, 9.17) is 0 Å². The molecule has 0 spiro atoms. The number of nitrogens with zero attached hydrogens (tertiary/aromatic N) is 1. The van der Waals surface area contributed by atoms with Gasteiger partial charge in [0.05, 0.1) is 7.11 Å². The summed E-state index contributed by atoms with van der Waals surface area (Å²) in [6.07, 6.45) is -0.142. The average Bonchev–Trinajstić information content (AvgIpc) is 2.19. The standard InChI is InChI=1S/C8H14N2O3/c1-13-8(12)6-7(11)10-4-2-9-3-5-10/h9H,2-6H2,1H3. The van der Waals surface area contributed by atoms with Crippen LogP contribution >= 0.6 is 0 Å². The molecule has 0 unspecified atom stereocenters. The zero-order valence-electron chi connectivity index (χ0n) is 7.71. The molecule has 1 aliphatic heterocycles. The molecule has 13 heavy (non-hydrogen) atoms. The molecule has 1 aliphatic rings. The number of ether oxygens (including phenoxy) is 1. The number of amides is 1. The summed E-state index contributed by atoms with van der Waals surface area (Å²) in [5.41, 5.74) is 0. The average molecular weight is 186 g/mol. The van der Waals surface area contributed by atoms with Crippen LogP contribution in [0.5, 0.6) is 0 Å². The molecule has 0 saturated carbocycles. The second-order valence-electron chi connectivity index (χ2n) is 2.88. The van der Waals surface area contributed by atoms with Gasteiger partial charge in [-0.05, 0) is 0 Å². The van der Waals surface area contributed by atoms with Crippen LogP contribution in [0.1, 0.15) is 6.42 Å². The van der Waals surface area contributed by atoms with Crippen LogP contribution in [0.2, 0.25) is 0 Å². The van der Waals surface area contributed by atoms with Crippen LogP contribution in [0.25, 0.3) is 0 Å². The maximum Gasteiger partial charge on any atom is 0.315 e. The highest BCUT2D eigenvalue weighted by Crippen LogP contribution is 1.97. The molecule has 1 saturated heterocycles. The molecule has 1 rings (SSSR count). The number of rotatable bonds is 2. The lowest BCUT2D eigenvalue weighted by molar-refractivity contribution is -0.147. The number of methoxy groups -OCH3 is 1. The molecule has 0 bridgehead atoms. The number of hydrogen-bond donors (Lipinski definition) is 1. The topological polar surface area (TPSA) is 58.6 Å². The van der Waals surface area contributed by atoms with Crippen LogP contribution in [-0.4, -0.2) is 50.1 Å². The van der Waals surface area contributed by atoms with E-state index in [1.807, 2.05) is 0 Å². The van der Waals surface area contributed by atoms with Crippen molar-refractivity contribution in [3.05, 3.63) is 0 Å². The molecular formula is C8H14N2O3. The van der Waals surface area contributed by atoms with Gasteiger partial charge in [-0.1, -0.05) is 0 Å². The number of carbonyl (C=O) groups excluding carboxylic acids is 2. The van der Waals surface area contributed by atoms with Gasteiger partial charge in [0.25, 0.3) is 0 Å². The smallest absolute Gasteiger partial charge is 0.315 e. The van der Waals surface area contributed by atoms with Gasteiger partial charge >= 0.3 is 5.97 Å². The third kappa shape index (κ3) is 3.02. The van der Waals surface area contributed by atoms with E-state index in [2.05, 4.69) is 10.1 Å². The predicted molar refractivity (Wildman–Crippen MR) is 46.1 cm³/mol. The third-order valence-corrected chi connectivity index (χ3v) is 1.99. The SMILES string of the molecule is COC(=O)CC(=O)N1CCNCC1. The van der Waals surface area contributed by atoms with Gasteiger partial charge < -0.3 is 15.0 Å². The minimum absolute atomic E-state index is 0.142. The molecule has 1 heterocycles. The summed E-state index contributed by atoms with van der Waals surface area (Å²) in [6, 6.07) is 0. The second kappa shape index (κ2) is 4.81. The van der Waals surface area contributed by atoms with Gasteiger partial charge in [-0.2, -0.15) is 0 Å². The Labute approximate surface area is 77.0 Å². The minimum atomic E-state index is -0.469. The molecule has 5 nitrogen and oxygen atoms in total. The van der Waals surface area contributed by atoms with Crippen molar-refractivity contribution in [1.29, 1.82) is 0 Å². The van der Waals surface area contributed by atoms with E-state index in [0.29, 0.717) is 13.1 Å². The van der Waals surface area contributed by atoms with E-state index in [1.54, 1.807) is 4.90 Å². The minimum Gasteiger partial charge on any atom is -0.469 e. The molecule has 0 radical (unpaired) electrons. The molecule has 0 aromatic carbocycles. The normalized spacial score (nSPS) is 16.8. The van der Waals surface area contributed by atoms with Crippen LogP contribution in [0, 0.1) is 0 Å². The summed E-state index contributed by atoms with van der Waals surface area (Å²) in [4.78, 5) is 23.8. The summed E-state index contributed by atoms with van der Waals surface area (Å²) in [6.45, 7) is 2.95. The van der Waals surface area contributed by atoms with Gasteiger partial charge in [-0.25, -0.2) is 0 Å². The first-order chi connectivity index (χ1) is 6.24. The summed E-state index contributed by atoms with van der Waals surface area (Å²) >= 11 is 0. The highest BCUT2D eigenvalue weighted by Gasteiger charge is 2.18. The first-order valence-corrected chi connectivity index (χ1v) is 4.29. The summed E-state index contributed by atoms with van der Waals surface area (Å²) in [5.74, 6) is -0.614. The van der Waals surface area contributed by atoms with Gasteiger partial charge in [-0.15, -0.1) is 0 Å². The van der Waals surface area contributed by atoms with Crippen molar-refractivity contribution < 1.29 is 14.3 Å². The van der Waals surface area contributed by atoms with Gasteiger partial charge in [-0.3, -0.25) is 9.59 Å². The Morgan fingerprint density at radius 3 is 2.54 bits per heavy atom. The molecular weight excluding hydrogens is 172 g/mol. The Kier molecular flexibility index (Phi) is 3.70. The molecule has 0 aromatic heterocycles. The Balaban J connectivity index is 2.33. The van der Waals surface area contributed by atoms with E-state index < -0.39 is 5.97 Å². The van der Waals surface area contributed by atoms with Crippen LogP contribution in [0.15, 0.2) is 0 Å². The van der Waals surface area contributed by atoms with E-state index in [1.165, 1.54) is 7.11 Å². The monoisotopic (exact) mass is 186 g/mol. The van der Waals surface area contributed by atoms with Crippen molar-refractivity contribution in [2.24, 2.45) is 0 Å². The maximum absolute atomic E-state index is 11.4. The molecule has 0 atom stereocenters. The summed E-state index contributed by atoms with van der Waals surface area (Å²) in [5, 5.41) is 3.13. The number of piperazine rings is 1. The quantitative estimate of drug-likeness (QED) is 0.443. The lowest BCUT2D eigenvalue weighted by Crippen LogP contribution is -2.46. The largest absolute Gasteiger partial charge is 0.469 e. The molecule has 1 N–H and O–H groups in total. The highest BCUT2D eigenvalue weighted by atomic mass is 16.5.